The van der Waals surface area contributed by atoms with Crippen molar-refractivity contribution in [3.63, 3.8) is 0 Å². The molecule has 0 spiro atoms. The molecule has 0 saturated heterocycles. The number of aliphatic hydroxyl groups is 1. The lowest BCUT2D eigenvalue weighted by Gasteiger charge is -2.23. The Kier molecular flexibility index (Phi) is 12.6. The Labute approximate surface area is 271 Å². The lowest BCUT2D eigenvalue weighted by Crippen LogP contribution is -2.40. The van der Waals surface area contributed by atoms with Crippen LogP contribution in [0.25, 0.3) is 33.4 Å². The smallest absolute Gasteiger partial charge is 0.308 e. The van der Waals surface area contributed by atoms with Crippen LogP contribution in [-0.4, -0.2) is 32.4 Å². The lowest BCUT2D eigenvalue weighted by atomic mass is 9.97. The second-order valence-electron chi connectivity index (χ2n) is 12.9. The van der Waals surface area contributed by atoms with Crippen LogP contribution in [0, 0.1) is 5.92 Å². The first kappa shape index (κ1) is 34.2. The summed E-state index contributed by atoms with van der Waals surface area (Å²) < 4.78 is 11.6. The summed E-state index contributed by atoms with van der Waals surface area (Å²) in [7, 11) is -1.37. The average Bonchev–Trinajstić information content (AvgIpc) is 3.06. The van der Waals surface area contributed by atoms with E-state index < -0.39 is 8.07 Å². The van der Waals surface area contributed by atoms with Crippen LogP contribution in [0.3, 0.4) is 0 Å². The van der Waals surface area contributed by atoms with Gasteiger partial charge in [0, 0.05) is 12.2 Å². The predicted molar refractivity (Wildman–Crippen MR) is 191 cm³/mol. The molecule has 238 valence electrons. The van der Waals surface area contributed by atoms with Crippen molar-refractivity contribution in [1.82, 2.24) is 0 Å². The van der Waals surface area contributed by atoms with E-state index in [1.165, 1.54) is 46.3 Å². The van der Waals surface area contributed by atoms with Crippen molar-refractivity contribution >= 4 is 19.2 Å². The molecule has 45 heavy (non-hydrogen) atoms. The molecule has 0 saturated carbocycles. The molecule has 0 fully saturated rings. The van der Waals surface area contributed by atoms with Gasteiger partial charge in [-0.25, -0.2) is 0 Å². The van der Waals surface area contributed by atoms with Crippen molar-refractivity contribution < 1.29 is 19.4 Å². The van der Waals surface area contributed by atoms with Gasteiger partial charge in [-0.15, -0.1) is 0 Å². The molecule has 0 radical (unpaired) electrons. The topological polar surface area (TPSA) is 55.8 Å². The van der Waals surface area contributed by atoms with Crippen LogP contribution in [0.5, 0.6) is 5.75 Å². The predicted octanol–water partition coefficient (Wildman–Crippen LogP) is 9.64. The molecule has 1 N–H and O–H groups in total. The third-order valence-electron chi connectivity index (χ3n) is 8.55. The number of rotatable bonds is 16. The van der Waals surface area contributed by atoms with Gasteiger partial charge in [0.2, 0.25) is 0 Å². The number of unbranched alkanes of at least 4 members (excludes halogenated alkanes) is 3. The van der Waals surface area contributed by atoms with Crippen LogP contribution in [0.15, 0.2) is 91.0 Å². The van der Waals surface area contributed by atoms with Crippen molar-refractivity contribution in [2.45, 2.75) is 78.6 Å². The van der Waals surface area contributed by atoms with Crippen LogP contribution in [0.4, 0.5) is 0 Å². The molecule has 5 heteroatoms. The van der Waals surface area contributed by atoms with Crippen LogP contribution in [0.1, 0.15) is 58.4 Å². The van der Waals surface area contributed by atoms with Crippen molar-refractivity contribution in [3.05, 3.63) is 96.6 Å². The monoisotopic (exact) mass is 622 g/mol. The van der Waals surface area contributed by atoms with E-state index in [0.29, 0.717) is 6.61 Å². The van der Waals surface area contributed by atoms with Gasteiger partial charge in [-0.05, 0) is 64.8 Å². The van der Waals surface area contributed by atoms with E-state index in [-0.39, 0.29) is 25.1 Å². The van der Waals surface area contributed by atoms with Gasteiger partial charge in [0.05, 0.1) is 20.6 Å². The Morgan fingerprint density at radius 1 is 0.711 bits per heavy atom. The molecule has 0 bridgehead atoms. The zero-order valence-corrected chi connectivity index (χ0v) is 28.8. The molecule has 0 aromatic heterocycles. The largest absolute Gasteiger partial charge is 0.493 e. The van der Waals surface area contributed by atoms with Crippen molar-refractivity contribution in [1.29, 1.82) is 0 Å². The zero-order chi connectivity index (χ0) is 32.2. The van der Waals surface area contributed by atoms with Gasteiger partial charge in [0.1, 0.15) is 12.4 Å². The second kappa shape index (κ2) is 16.6. The van der Waals surface area contributed by atoms with Crippen LogP contribution >= 0.6 is 0 Å². The van der Waals surface area contributed by atoms with Gasteiger partial charge in [-0.1, -0.05) is 137 Å². The summed E-state index contributed by atoms with van der Waals surface area (Å²) in [6, 6.07) is 34.1. The van der Waals surface area contributed by atoms with Crippen LogP contribution in [-0.2, 0) is 16.1 Å². The number of hydrogen-bond donors (Lipinski definition) is 1. The molecule has 0 amide bonds. The molecule has 0 atom stereocenters. The highest BCUT2D eigenvalue weighted by atomic mass is 28.3. The zero-order valence-electron chi connectivity index (χ0n) is 27.8. The molecule has 4 nitrogen and oxygen atoms in total. The quantitative estimate of drug-likeness (QED) is 0.0768. The second-order valence-corrected chi connectivity index (χ2v) is 17.8. The highest BCUT2D eigenvalue weighted by Gasteiger charge is 2.22. The Hall–Kier alpha value is -3.67. The van der Waals surface area contributed by atoms with Gasteiger partial charge in [-0.2, -0.15) is 0 Å². The number of carbonyl (C=O) groups is 1. The van der Waals surface area contributed by atoms with E-state index in [2.05, 4.69) is 105 Å². The number of ether oxygens (including phenoxy) is 2. The number of carbonyl (C=O) groups excluding carboxylic acids is 1. The minimum absolute atomic E-state index is 0.169. The summed E-state index contributed by atoms with van der Waals surface area (Å²) in [5.74, 6) is 0.315. The molecular formula is C40H50O4Si. The van der Waals surface area contributed by atoms with Crippen LogP contribution in [0.2, 0.25) is 19.1 Å². The molecule has 0 heterocycles. The third kappa shape index (κ3) is 9.66. The molecule has 4 aromatic carbocycles. The first-order valence-corrected chi connectivity index (χ1v) is 19.8. The fourth-order valence-corrected chi connectivity index (χ4v) is 8.08. The summed E-state index contributed by atoms with van der Waals surface area (Å²) in [6.45, 7) is 11.8. The van der Waals surface area contributed by atoms with Crippen molar-refractivity contribution in [2.24, 2.45) is 5.92 Å². The fraction of sp³-hybridized carbons (Fsp3) is 0.375. The molecule has 0 aliphatic heterocycles. The average molecular weight is 623 g/mol. The van der Waals surface area contributed by atoms with Gasteiger partial charge in [-0.3, -0.25) is 4.79 Å². The molecular weight excluding hydrogens is 573 g/mol. The summed E-state index contributed by atoms with van der Waals surface area (Å²) >= 11 is 0. The Morgan fingerprint density at radius 3 is 1.73 bits per heavy atom. The fourth-order valence-electron chi connectivity index (χ4n) is 5.49. The highest BCUT2D eigenvalue weighted by molar-refractivity contribution is 6.89. The number of benzene rings is 4. The molecule has 0 unspecified atom stereocenters. The Morgan fingerprint density at radius 2 is 1.22 bits per heavy atom. The maximum Gasteiger partial charge on any atom is 0.308 e. The summed E-state index contributed by atoms with van der Waals surface area (Å²) in [5, 5.41) is 10.6. The van der Waals surface area contributed by atoms with Gasteiger partial charge in [0.25, 0.3) is 0 Å². The normalized spacial score (nSPS) is 11.5. The van der Waals surface area contributed by atoms with E-state index in [9.17, 15) is 4.79 Å². The van der Waals surface area contributed by atoms with Crippen molar-refractivity contribution in [3.8, 4) is 39.1 Å². The minimum atomic E-state index is -1.37. The van der Waals surface area contributed by atoms with Gasteiger partial charge < -0.3 is 14.6 Å². The maximum atomic E-state index is 12.2. The molecule has 4 rings (SSSR count). The molecule has 0 aliphatic rings. The van der Waals surface area contributed by atoms with E-state index in [4.69, 9.17) is 14.6 Å². The number of esters is 1. The highest BCUT2D eigenvalue weighted by Crippen LogP contribution is 2.31. The van der Waals surface area contributed by atoms with E-state index in [0.717, 1.165) is 41.7 Å². The van der Waals surface area contributed by atoms with Crippen LogP contribution < -0.4 is 9.92 Å². The van der Waals surface area contributed by atoms with E-state index in [1.807, 2.05) is 19.9 Å². The summed E-state index contributed by atoms with van der Waals surface area (Å²) in [6.07, 6.45) is 5.12. The van der Waals surface area contributed by atoms with Gasteiger partial charge in [0.15, 0.2) is 0 Å². The van der Waals surface area contributed by atoms with E-state index in [1.54, 1.807) is 0 Å². The number of hydrogen-bond acceptors (Lipinski definition) is 4. The first-order chi connectivity index (χ1) is 21.7. The Bertz CT molecular complexity index is 1490. The molecule has 0 aliphatic carbocycles. The standard InChI is InChI=1S/C40H50O4Si/c1-6-7-27-45(4,5)38-22-19-34(20-23-38)33-13-11-31(12-14-33)32-15-17-35(18-16-32)36-21-24-39(43-26-10-8-9-25-41)37(28-36)29-44-40(42)30(2)3/h11-24,28,30,41H,6-10,25-27,29H2,1-5H3. The minimum Gasteiger partial charge on any atom is -0.493 e. The third-order valence-corrected chi connectivity index (χ3v) is 12.1. The SMILES string of the molecule is CCCC[Si](C)(C)c1ccc(-c2ccc(-c3ccc(-c4ccc(OCCCCCO)c(COC(=O)C(C)C)c4)cc3)cc2)cc1. The summed E-state index contributed by atoms with van der Waals surface area (Å²) in [5.41, 5.74) is 7.82. The van der Waals surface area contributed by atoms with Crippen molar-refractivity contribution in [2.75, 3.05) is 13.2 Å². The lowest BCUT2D eigenvalue weighted by molar-refractivity contribution is -0.148. The molecule has 4 aromatic rings. The summed E-state index contributed by atoms with van der Waals surface area (Å²) in [4.78, 5) is 12.2. The maximum absolute atomic E-state index is 12.2. The first-order valence-electron chi connectivity index (χ1n) is 16.6. The van der Waals surface area contributed by atoms with E-state index >= 15 is 0 Å². The van der Waals surface area contributed by atoms with Gasteiger partial charge >= 0.3 is 5.97 Å². The number of aliphatic hydroxyl groups excluding tert-OH is 1. The Balaban J connectivity index is 1.46.